The molecule has 3 nitrogen and oxygen atoms in total. The zero-order chi connectivity index (χ0) is 11.2. The zero-order valence-corrected chi connectivity index (χ0v) is 9.55. The van der Waals surface area contributed by atoms with Gasteiger partial charge in [-0.05, 0) is 0 Å². The number of fused-ring (bicyclic) bond motifs is 1. The van der Waals surface area contributed by atoms with E-state index in [2.05, 4.69) is 13.8 Å². The van der Waals surface area contributed by atoms with Crippen LogP contribution < -0.4 is 0 Å². The standard InChI is InChI=1S/C13H16O3/c1-13(2)8-14-12-10(13)15-11(16-12)9-6-4-3-5-7-9/h3-7,10-12H,8H2,1-2H3/t10-,11?,12+/m0/s1. The average Bonchev–Trinajstić information content (AvgIpc) is 2.82. The predicted molar refractivity (Wildman–Crippen MR) is 58.7 cm³/mol. The van der Waals surface area contributed by atoms with Gasteiger partial charge in [-0.1, -0.05) is 44.2 Å². The second kappa shape index (κ2) is 3.55. The van der Waals surface area contributed by atoms with Gasteiger partial charge in [-0.3, -0.25) is 0 Å². The van der Waals surface area contributed by atoms with Crippen LogP contribution in [-0.2, 0) is 14.2 Å². The van der Waals surface area contributed by atoms with E-state index in [0.29, 0.717) is 6.61 Å². The minimum atomic E-state index is -0.282. The Kier molecular flexibility index (Phi) is 2.28. The van der Waals surface area contributed by atoms with Gasteiger partial charge >= 0.3 is 0 Å². The Hall–Kier alpha value is -0.900. The normalized spacial score (nSPS) is 36.2. The largest absolute Gasteiger partial charge is 0.349 e. The maximum absolute atomic E-state index is 5.94. The quantitative estimate of drug-likeness (QED) is 0.727. The zero-order valence-electron chi connectivity index (χ0n) is 9.55. The van der Waals surface area contributed by atoms with Gasteiger partial charge in [0.2, 0.25) is 0 Å². The van der Waals surface area contributed by atoms with Gasteiger partial charge in [0, 0.05) is 11.0 Å². The van der Waals surface area contributed by atoms with Crippen molar-refractivity contribution in [3.63, 3.8) is 0 Å². The van der Waals surface area contributed by atoms with Crippen molar-refractivity contribution in [2.75, 3.05) is 6.61 Å². The second-order valence-corrected chi connectivity index (χ2v) is 5.10. The molecule has 0 bridgehead atoms. The lowest BCUT2D eigenvalue weighted by Crippen LogP contribution is -2.30. The van der Waals surface area contributed by atoms with E-state index in [1.54, 1.807) is 0 Å². The Labute approximate surface area is 95.3 Å². The van der Waals surface area contributed by atoms with Crippen molar-refractivity contribution >= 4 is 0 Å². The molecule has 0 aromatic heterocycles. The molecule has 2 fully saturated rings. The molecule has 2 aliphatic rings. The smallest absolute Gasteiger partial charge is 0.187 e. The summed E-state index contributed by atoms with van der Waals surface area (Å²) in [6, 6.07) is 9.99. The van der Waals surface area contributed by atoms with E-state index in [1.165, 1.54) is 0 Å². The third-order valence-corrected chi connectivity index (χ3v) is 3.24. The fraction of sp³-hybridized carbons (Fsp3) is 0.538. The molecule has 0 saturated carbocycles. The van der Waals surface area contributed by atoms with Crippen LogP contribution in [0.4, 0.5) is 0 Å². The first-order chi connectivity index (χ1) is 7.67. The molecule has 3 atom stereocenters. The van der Waals surface area contributed by atoms with E-state index < -0.39 is 0 Å². The number of hydrogen-bond donors (Lipinski definition) is 0. The van der Waals surface area contributed by atoms with Crippen LogP contribution in [0.1, 0.15) is 25.7 Å². The van der Waals surface area contributed by atoms with Gasteiger partial charge in [-0.2, -0.15) is 0 Å². The molecule has 2 heterocycles. The molecule has 0 spiro atoms. The molecule has 86 valence electrons. The van der Waals surface area contributed by atoms with Gasteiger partial charge < -0.3 is 14.2 Å². The Morgan fingerprint density at radius 1 is 1.12 bits per heavy atom. The van der Waals surface area contributed by atoms with Crippen LogP contribution in [0.25, 0.3) is 0 Å². The summed E-state index contributed by atoms with van der Waals surface area (Å²) in [4.78, 5) is 0. The second-order valence-electron chi connectivity index (χ2n) is 5.10. The minimum absolute atomic E-state index is 0.0359. The molecule has 1 unspecified atom stereocenters. The molecule has 16 heavy (non-hydrogen) atoms. The molecule has 0 radical (unpaired) electrons. The van der Waals surface area contributed by atoms with Gasteiger partial charge in [0.15, 0.2) is 12.6 Å². The number of hydrogen-bond acceptors (Lipinski definition) is 3. The SMILES string of the molecule is CC1(C)CO[C@@H]2OC(c3ccccc3)O[C@@H]21. The third-order valence-electron chi connectivity index (χ3n) is 3.24. The molecule has 1 aromatic carbocycles. The van der Waals surface area contributed by atoms with Gasteiger partial charge in [0.1, 0.15) is 6.10 Å². The van der Waals surface area contributed by atoms with Crippen LogP contribution >= 0.6 is 0 Å². The van der Waals surface area contributed by atoms with E-state index in [1.807, 2.05) is 30.3 Å². The van der Waals surface area contributed by atoms with E-state index >= 15 is 0 Å². The Morgan fingerprint density at radius 3 is 2.56 bits per heavy atom. The van der Waals surface area contributed by atoms with Crippen molar-refractivity contribution in [1.82, 2.24) is 0 Å². The number of benzene rings is 1. The van der Waals surface area contributed by atoms with Gasteiger partial charge in [0.25, 0.3) is 0 Å². The van der Waals surface area contributed by atoms with Crippen LogP contribution in [0.2, 0.25) is 0 Å². The lowest BCUT2D eigenvalue weighted by Gasteiger charge is -2.22. The highest BCUT2D eigenvalue weighted by atomic mass is 16.8. The van der Waals surface area contributed by atoms with E-state index in [-0.39, 0.29) is 24.1 Å². The van der Waals surface area contributed by atoms with E-state index in [0.717, 1.165) is 5.56 Å². The topological polar surface area (TPSA) is 27.7 Å². The lowest BCUT2D eigenvalue weighted by atomic mass is 9.90. The van der Waals surface area contributed by atoms with Gasteiger partial charge in [0.05, 0.1) is 6.61 Å². The van der Waals surface area contributed by atoms with Crippen molar-refractivity contribution in [1.29, 1.82) is 0 Å². The van der Waals surface area contributed by atoms with Crippen LogP contribution in [0.15, 0.2) is 30.3 Å². The van der Waals surface area contributed by atoms with Crippen LogP contribution in [-0.4, -0.2) is 19.0 Å². The minimum Gasteiger partial charge on any atom is -0.349 e. The maximum Gasteiger partial charge on any atom is 0.187 e. The fourth-order valence-electron chi connectivity index (χ4n) is 2.25. The molecule has 1 aromatic rings. The Morgan fingerprint density at radius 2 is 1.88 bits per heavy atom. The van der Waals surface area contributed by atoms with E-state index in [9.17, 15) is 0 Å². The fourth-order valence-corrected chi connectivity index (χ4v) is 2.25. The van der Waals surface area contributed by atoms with Crippen LogP contribution in [0.3, 0.4) is 0 Å². The lowest BCUT2D eigenvalue weighted by molar-refractivity contribution is -0.149. The van der Waals surface area contributed by atoms with E-state index in [4.69, 9.17) is 14.2 Å². The molecule has 0 N–H and O–H groups in total. The molecular formula is C13H16O3. The maximum atomic E-state index is 5.94. The number of ether oxygens (including phenoxy) is 3. The summed E-state index contributed by atoms with van der Waals surface area (Å²) in [6.07, 6.45) is -0.450. The predicted octanol–water partition coefficient (Wildman–Crippen LogP) is 2.48. The molecule has 2 aliphatic heterocycles. The Bertz CT molecular complexity index is 374. The monoisotopic (exact) mass is 220 g/mol. The first-order valence-electron chi connectivity index (χ1n) is 5.64. The molecule has 2 saturated heterocycles. The van der Waals surface area contributed by atoms with Gasteiger partial charge in [-0.15, -0.1) is 0 Å². The first-order valence-corrected chi connectivity index (χ1v) is 5.64. The van der Waals surface area contributed by atoms with Crippen molar-refractivity contribution in [3.05, 3.63) is 35.9 Å². The summed E-state index contributed by atoms with van der Waals surface area (Å²) in [5.41, 5.74) is 1.09. The highest BCUT2D eigenvalue weighted by Gasteiger charge is 2.51. The molecule has 0 amide bonds. The summed E-state index contributed by atoms with van der Waals surface area (Å²) in [6.45, 7) is 4.99. The highest BCUT2D eigenvalue weighted by molar-refractivity contribution is 5.17. The summed E-state index contributed by atoms with van der Waals surface area (Å²) in [7, 11) is 0. The van der Waals surface area contributed by atoms with Crippen molar-refractivity contribution in [2.45, 2.75) is 32.5 Å². The van der Waals surface area contributed by atoms with Crippen molar-refractivity contribution in [2.24, 2.45) is 5.41 Å². The average molecular weight is 220 g/mol. The van der Waals surface area contributed by atoms with Crippen LogP contribution in [0.5, 0.6) is 0 Å². The molecule has 3 heteroatoms. The highest BCUT2D eigenvalue weighted by Crippen LogP contribution is 2.44. The summed E-state index contributed by atoms with van der Waals surface area (Å²) >= 11 is 0. The summed E-state index contributed by atoms with van der Waals surface area (Å²) < 4.78 is 17.3. The summed E-state index contributed by atoms with van der Waals surface area (Å²) in [5.74, 6) is 0. The molecule has 3 rings (SSSR count). The third kappa shape index (κ3) is 1.56. The summed E-state index contributed by atoms with van der Waals surface area (Å²) in [5, 5.41) is 0. The first kappa shape index (κ1) is 10.3. The van der Waals surface area contributed by atoms with Crippen molar-refractivity contribution < 1.29 is 14.2 Å². The molecule has 0 aliphatic carbocycles. The molecular weight excluding hydrogens is 204 g/mol. The Balaban J connectivity index is 1.80. The van der Waals surface area contributed by atoms with Gasteiger partial charge in [-0.25, -0.2) is 0 Å². The number of rotatable bonds is 1. The van der Waals surface area contributed by atoms with Crippen molar-refractivity contribution in [3.8, 4) is 0 Å². The van der Waals surface area contributed by atoms with Crippen LogP contribution in [0, 0.1) is 5.41 Å².